The van der Waals surface area contributed by atoms with Gasteiger partial charge in [-0.2, -0.15) is 5.10 Å². The highest BCUT2D eigenvalue weighted by atomic mass is 16.2. The summed E-state index contributed by atoms with van der Waals surface area (Å²) in [5.41, 5.74) is 4.22. The molecular weight excluding hydrogens is 376 g/mol. The average molecular weight is 403 g/mol. The summed E-state index contributed by atoms with van der Waals surface area (Å²) in [6, 6.07) is 14.0. The van der Waals surface area contributed by atoms with E-state index in [0.29, 0.717) is 18.9 Å². The summed E-state index contributed by atoms with van der Waals surface area (Å²) in [5, 5.41) is 13.2. The van der Waals surface area contributed by atoms with Crippen molar-refractivity contribution in [2.45, 2.75) is 20.8 Å². The van der Waals surface area contributed by atoms with E-state index in [1.807, 2.05) is 74.2 Å². The molecule has 1 saturated heterocycles. The van der Waals surface area contributed by atoms with Crippen LogP contribution < -0.4 is 4.90 Å². The molecule has 0 aliphatic carbocycles. The Morgan fingerprint density at radius 2 is 1.63 bits per heavy atom. The number of amides is 1. The lowest BCUT2D eigenvalue weighted by molar-refractivity contribution is -0.126. The second kappa shape index (κ2) is 8.49. The number of aryl methyl sites for hydroxylation is 3. The van der Waals surface area contributed by atoms with Crippen LogP contribution in [0.4, 0.5) is 5.82 Å². The van der Waals surface area contributed by atoms with Gasteiger partial charge in [-0.1, -0.05) is 24.3 Å². The number of nitrogens with zero attached hydrogens (tertiary/aromatic N) is 6. The van der Waals surface area contributed by atoms with Gasteiger partial charge in [0.25, 0.3) is 0 Å². The largest absolute Gasteiger partial charge is 0.352 e. The van der Waals surface area contributed by atoms with Crippen LogP contribution >= 0.6 is 0 Å². The average Bonchev–Trinajstić information content (AvgIpc) is 3.11. The third-order valence-electron chi connectivity index (χ3n) is 5.37. The van der Waals surface area contributed by atoms with Crippen LogP contribution in [0.1, 0.15) is 22.5 Å². The number of carbonyl (C=O) groups is 1. The topological polar surface area (TPSA) is 67.2 Å². The summed E-state index contributed by atoms with van der Waals surface area (Å²) >= 11 is 0. The monoisotopic (exact) mass is 402 g/mol. The SMILES string of the molecule is Cc1cc(C)n(-c2ccc(N3CCN(C(=O)/C=C/c4ccccc4C)CC3)nn2)n1. The zero-order chi connectivity index (χ0) is 21.1. The Bertz CT molecular complexity index is 1060. The van der Waals surface area contributed by atoms with Crippen LogP contribution in [0.2, 0.25) is 0 Å². The molecule has 1 fully saturated rings. The minimum atomic E-state index is 0.0452. The van der Waals surface area contributed by atoms with E-state index in [0.717, 1.165) is 41.4 Å². The summed E-state index contributed by atoms with van der Waals surface area (Å²) in [4.78, 5) is 16.6. The van der Waals surface area contributed by atoms with Gasteiger partial charge in [-0.3, -0.25) is 4.79 Å². The minimum absolute atomic E-state index is 0.0452. The van der Waals surface area contributed by atoms with Crippen molar-refractivity contribution in [3.05, 3.63) is 71.1 Å². The van der Waals surface area contributed by atoms with E-state index in [-0.39, 0.29) is 5.91 Å². The summed E-state index contributed by atoms with van der Waals surface area (Å²) < 4.78 is 1.80. The number of hydrogen-bond donors (Lipinski definition) is 0. The molecule has 0 saturated carbocycles. The van der Waals surface area contributed by atoms with Gasteiger partial charge in [-0.05, 0) is 56.2 Å². The number of rotatable bonds is 4. The Hall–Kier alpha value is -3.48. The second-order valence-corrected chi connectivity index (χ2v) is 7.59. The first kappa shape index (κ1) is 19.8. The predicted molar refractivity (Wildman–Crippen MR) is 118 cm³/mol. The van der Waals surface area contributed by atoms with Gasteiger partial charge in [0.15, 0.2) is 11.6 Å². The van der Waals surface area contributed by atoms with E-state index in [1.54, 1.807) is 10.8 Å². The highest BCUT2D eigenvalue weighted by Crippen LogP contribution is 2.16. The standard InChI is InChI=1S/C23H26N6O/c1-17-6-4-5-7-20(17)8-11-23(30)28-14-12-27(13-15-28)21-9-10-22(25-24-21)29-19(3)16-18(2)26-29/h4-11,16H,12-15H2,1-3H3/b11-8+. The zero-order valence-corrected chi connectivity index (χ0v) is 17.6. The fourth-order valence-electron chi connectivity index (χ4n) is 3.66. The van der Waals surface area contributed by atoms with Crippen LogP contribution in [0, 0.1) is 20.8 Å². The van der Waals surface area contributed by atoms with Crippen molar-refractivity contribution in [3.63, 3.8) is 0 Å². The fraction of sp³-hybridized carbons (Fsp3) is 0.304. The van der Waals surface area contributed by atoms with E-state index in [4.69, 9.17) is 0 Å². The van der Waals surface area contributed by atoms with Crippen molar-refractivity contribution in [2.24, 2.45) is 0 Å². The molecule has 0 N–H and O–H groups in total. The molecule has 0 spiro atoms. The lowest BCUT2D eigenvalue weighted by atomic mass is 10.1. The first-order chi connectivity index (χ1) is 14.5. The van der Waals surface area contributed by atoms with E-state index < -0.39 is 0 Å². The molecule has 1 aliphatic rings. The smallest absolute Gasteiger partial charge is 0.246 e. The van der Waals surface area contributed by atoms with Crippen LogP contribution in [-0.2, 0) is 4.79 Å². The Balaban J connectivity index is 1.36. The number of carbonyl (C=O) groups excluding carboxylic acids is 1. The van der Waals surface area contributed by atoms with Gasteiger partial charge in [0.2, 0.25) is 5.91 Å². The Morgan fingerprint density at radius 1 is 0.933 bits per heavy atom. The third-order valence-corrected chi connectivity index (χ3v) is 5.37. The molecule has 7 heteroatoms. The van der Waals surface area contributed by atoms with Crippen molar-refractivity contribution in [1.82, 2.24) is 24.9 Å². The Morgan fingerprint density at radius 3 is 2.27 bits per heavy atom. The maximum Gasteiger partial charge on any atom is 0.246 e. The van der Waals surface area contributed by atoms with E-state index in [9.17, 15) is 4.79 Å². The molecule has 2 aromatic heterocycles. The maximum absolute atomic E-state index is 12.5. The quantitative estimate of drug-likeness (QED) is 0.628. The van der Waals surface area contributed by atoms with Gasteiger partial charge < -0.3 is 9.80 Å². The van der Waals surface area contributed by atoms with Gasteiger partial charge in [0.05, 0.1) is 5.69 Å². The summed E-state index contributed by atoms with van der Waals surface area (Å²) in [5.74, 6) is 1.58. The molecule has 4 rings (SSSR count). The van der Waals surface area contributed by atoms with Crippen molar-refractivity contribution in [1.29, 1.82) is 0 Å². The fourth-order valence-corrected chi connectivity index (χ4v) is 3.66. The summed E-state index contributed by atoms with van der Waals surface area (Å²) in [7, 11) is 0. The molecule has 1 amide bonds. The zero-order valence-electron chi connectivity index (χ0n) is 17.6. The van der Waals surface area contributed by atoms with E-state index >= 15 is 0 Å². The Kier molecular flexibility index (Phi) is 5.61. The number of hydrogen-bond acceptors (Lipinski definition) is 5. The lowest BCUT2D eigenvalue weighted by Gasteiger charge is -2.34. The number of aromatic nitrogens is 4. The van der Waals surface area contributed by atoms with Gasteiger partial charge in [-0.15, -0.1) is 10.2 Å². The van der Waals surface area contributed by atoms with E-state index in [1.165, 1.54) is 0 Å². The molecule has 3 heterocycles. The highest BCUT2D eigenvalue weighted by Gasteiger charge is 2.21. The van der Waals surface area contributed by atoms with Gasteiger partial charge in [0.1, 0.15) is 0 Å². The molecule has 0 atom stereocenters. The highest BCUT2D eigenvalue weighted by molar-refractivity contribution is 5.92. The van der Waals surface area contributed by atoms with Crippen molar-refractivity contribution in [3.8, 4) is 5.82 Å². The van der Waals surface area contributed by atoms with Crippen LogP contribution in [0.15, 0.2) is 48.5 Å². The molecular formula is C23H26N6O. The predicted octanol–water partition coefficient (Wildman–Crippen LogP) is 2.95. The van der Waals surface area contributed by atoms with Crippen LogP contribution in [0.25, 0.3) is 11.9 Å². The van der Waals surface area contributed by atoms with Crippen molar-refractivity contribution in [2.75, 3.05) is 31.1 Å². The maximum atomic E-state index is 12.5. The summed E-state index contributed by atoms with van der Waals surface area (Å²) in [6.45, 7) is 8.80. The first-order valence-electron chi connectivity index (χ1n) is 10.2. The minimum Gasteiger partial charge on any atom is -0.352 e. The van der Waals surface area contributed by atoms with Gasteiger partial charge in [-0.25, -0.2) is 4.68 Å². The Labute approximate surface area is 176 Å². The molecule has 1 aliphatic heterocycles. The normalized spacial score (nSPS) is 14.5. The summed E-state index contributed by atoms with van der Waals surface area (Å²) in [6.07, 6.45) is 3.56. The number of piperazine rings is 1. The second-order valence-electron chi connectivity index (χ2n) is 7.59. The molecule has 0 bridgehead atoms. The van der Waals surface area contributed by atoms with Crippen LogP contribution in [0.3, 0.4) is 0 Å². The molecule has 3 aromatic rings. The lowest BCUT2D eigenvalue weighted by Crippen LogP contribution is -2.48. The van der Waals surface area contributed by atoms with Crippen molar-refractivity contribution < 1.29 is 4.79 Å². The molecule has 1 aromatic carbocycles. The third kappa shape index (κ3) is 4.25. The van der Waals surface area contributed by atoms with Gasteiger partial charge >= 0.3 is 0 Å². The molecule has 7 nitrogen and oxygen atoms in total. The van der Waals surface area contributed by atoms with Crippen molar-refractivity contribution >= 4 is 17.8 Å². The molecule has 30 heavy (non-hydrogen) atoms. The van der Waals surface area contributed by atoms with E-state index in [2.05, 4.69) is 20.2 Å². The number of benzene rings is 1. The first-order valence-corrected chi connectivity index (χ1v) is 10.2. The molecule has 0 unspecified atom stereocenters. The number of anilines is 1. The van der Waals surface area contributed by atoms with Crippen LogP contribution in [-0.4, -0.2) is 57.0 Å². The molecule has 154 valence electrons. The van der Waals surface area contributed by atoms with Gasteiger partial charge in [0, 0.05) is 37.9 Å². The molecule has 0 radical (unpaired) electrons. The van der Waals surface area contributed by atoms with Crippen LogP contribution in [0.5, 0.6) is 0 Å².